The average molecular weight is 313 g/mol. The number of benzene rings is 1. The largest absolute Gasteiger partial charge is 0.507 e. The van der Waals surface area contributed by atoms with E-state index in [1.165, 1.54) is 0 Å². The van der Waals surface area contributed by atoms with Crippen LogP contribution < -0.4 is 0 Å². The summed E-state index contributed by atoms with van der Waals surface area (Å²) in [6, 6.07) is 5.20. The first-order valence-electron chi connectivity index (χ1n) is 6.37. The van der Waals surface area contributed by atoms with Gasteiger partial charge < -0.3 is 15.4 Å². The van der Waals surface area contributed by atoms with Crippen LogP contribution in [0.15, 0.2) is 22.7 Å². The third-order valence-corrected chi connectivity index (χ3v) is 3.57. The highest BCUT2D eigenvalue weighted by molar-refractivity contribution is 9.10. The predicted molar refractivity (Wildman–Crippen MR) is 79.7 cm³/mol. The van der Waals surface area contributed by atoms with Crippen LogP contribution in [-0.2, 0) is 0 Å². The van der Waals surface area contributed by atoms with E-state index in [9.17, 15) is 5.11 Å². The topological polar surface area (TPSA) is 47.3 Å². The average Bonchev–Trinajstić information content (AvgIpc) is 2.37. The zero-order chi connectivity index (χ0) is 13.5. The minimum absolute atomic E-state index is 0.186. The predicted octanol–water partition coefficient (Wildman–Crippen LogP) is 3.64. The minimum atomic E-state index is 0.186. The fourth-order valence-electron chi connectivity index (χ4n) is 1.90. The highest BCUT2D eigenvalue weighted by atomic mass is 79.9. The molecule has 0 bridgehead atoms. The van der Waals surface area contributed by atoms with E-state index in [-0.39, 0.29) is 5.75 Å². The molecule has 0 fully saturated rings. The van der Waals surface area contributed by atoms with Crippen LogP contribution in [0.4, 0.5) is 0 Å². The van der Waals surface area contributed by atoms with Gasteiger partial charge in [-0.15, -0.1) is 0 Å². The third kappa shape index (κ3) is 4.42. The monoisotopic (exact) mass is 312 g/mol. The van der Waals surface area contributed by atoms with Crippen molar-refractivity contribution >= 4 is 21.6 Å². The molecule has 1 aromatic rings. The summed E-state index contributed by atoms with van der Waals surface area (Å²) in [7, 11) is 0. The van der Waals surface area contributed by atoms with Crippen molar-refractivity contribution in [1.29, 1.82) is 5.41 Å². The van der Waals surface area contributed by atoms with E-state index in [0.29, 0.717) is 17.7 Å². The van der Waals surface area contributed by atoms with Crippen molar-refractivity contribution in [3.63, 3.8) is 0 Å². The van der Waals surface area contributed by atoms with Gasteiger partial charge in [-0.3, -0.25) is 0 Å². The number of hydrogen-bond donors (Lipinski definition) is 2. The Kier molecular flexibility index (Phi) is 6.36. The molecule has 0 amide bonds. The highest BCUT2D eigenvalue weighted by Crippen LogP contribution is 2.23. The maximum atomic E-state index is 9.73. The van der Waals surface area contributed by atoms with E-state index in [4.69, 9.17) is 5.41 Å². The summed E-state index contributed by atoms with van der Waals surface area (Å²) in [5.74, 6) is 0.186. The van der Waals surface area contributed by atoms with Crippen molar-refractivity contribution in [2.24, 2.45) is 0 Å². The summed E-state index contributed by atoms with van der Waals surface area (Å²) in [6.45, 7) is 7.39. The molecule has 0 atom stereocenters. The van der Waals surface area contributed by atoms with Crippen LogP contribution in [0.5, 0.6) is 5.75 Å². The van der Waals surface area contributed by atoms with Crippen molar-refractivity contribution in [2.45, 2.75) is 26.7 Å². The molecule has 0 spiro atoms. The van der Waals surface area contributed by atoms with Gasteiger partial charge >= 0.3 is 0 Å². The van der Waals surface area contributed by atoms with Crippen LogP contribution in [-0.4, -0.2) is 35.4 Å². The molecule has 0 saturated carbocycles. The Morgan fingerprint density at radius 2 is 2.00 bits per heavy atom. The molecule has 1 aromatic carbocycles. The molecule has 0 heterocycles. The molecule has 18 heavy (non-hydrogen) atoms. The second-order valence-electron chi connectivity index (χ2n) is 4.27. The number of nitrogens with zero attached hydrogens (tertiary/aromatic N) is 1. The van der Waals surface area contributed by atoms with Gasteiger partial charge in [0.15, 0.2) is 0 Å². The Balaban J connectivity index is 2.53. The summed E-state index contributed by atoms with van der Waals surface area (Å²) in [5.41, 5.74) is 1.13. The van der Waals surface area contributed by atoms with Crippen LogP contribution in [0.1, 0.15) is 32.3 Å². The van der Waals surface area contributed by atoms with E-state index in [1.54, 1.807) is 18.2 Å². The van der Waals surface area contributed by atoms with Crippen LogP contribution in [0, 0.1) is 5.41 Å². The maximum Gasteiger partial charge on any atom is 0.124 e. The lowest BCUT2D eigenvalue weighted by Crippen LogP contribution is -2.24. The Labute approximate surface area is 117 Å². The summed E-state index contributed by atoms with van der Waals surface area (Å²) in [4.78, 5) is 2.34. The Bertz CT molecular complexity index is 403. The van der Waals surface area contributed by atoms with Gasteiger partial charge in [-0.1, -0.05) is 29.8 Å². The van der Waals surface area contributed by atoms with E-state index >= 15 is 0 Å². The van der Waals surface area contributed by atoms with Crippen molar-refractivity contribution < 1.29 is 5.11 Å². The lowest BCUT2D eigenvalue weighted by Gasteiger charge is -2.17. The van der Waals surface area contributed by atoms with Crippen molar-refractivity contribution in [1.82, 2.24) is 4.90 Å². The summed E-state index contributed by atoms with van der Waals surface area (Å²) in [5, 5.41) is 17.8. The molecular weight excluding hydrogens is 292 g/mol. The van der Waals surface area contributed by atoms with Crippen molar-refractivity contribution in [3.05, 3.63) is 28.2 Å². The Morgan fingerprint density at radius 1 is 1.33 bits per heavy atom. The molecule has 2 N–H and O–H groups in total. The summed E-state index contributed by atoms with van der Waals surface area (Å²) in [6.07, 6.45) is 1.65. The van der Waals surface area contributed by atoms with Crippen LogP contribution in [0.3, 0.4) is 0 Å². The number of nitrogens with one attached hydrogen (secondary N) is 1. The van der Waals surface area contributed by atoms with Gasteiger partial charge in [0, 0.05) is 15.7 Å². The minimum Gasteiger partial charge on any atom is -0.507 e. The zero-order valence-corrected chi connectivity index (χ0v) is 12.6. The first kappa shape index (κ1) is 15.2. The zero-order valence-electron chi connectivity index (χ0n) is 11.0. The molecule has 0 aliphatic carbocycles. The number of rotatable bonds is 7. The molecule has 0 unspecified atom stereocenters. The van der Waals surface area contributed by atoms with Gasteiger partial charge in [0.05, 0.1) is 0 Å². The number of phenols is 1. The first-order chi connectivity index (χ1) is 8.58. The van der Waals surface area contributed by atoms with Crippen LogP contribution in [0.2, 0.25) is 0 Å². The first-order valence-corrected chi connectivity index (χ1v) is 7.16. The van der Waals surface area contributed by atoms with Crippen molar-refractivity contribution in [3.8, 4) is 5.75 Å². The molecule has 0 radical (unpaired) electrons. The van der Waals surface area contributed by atoms with Gasteiger partial charge in [0.1, 0.15) is 5.75 Å². The summed E-state index contributed by atoms with van der Waals surface area (Å²) < 4.78 is 0.892. The SMILES string of the molecule is CCN(CC)CCCC(=N)c1cc(Br)ccc1O. The molecular formula is C14H21BrN2O. The summed E-state index contributed by atoms with van der Waals surface area (Å²) >= 11 is 3.36. The Morgan fingerprint density at radius 3 is 2.61 bits per heavy atom. The Hall–Kier alpha value is -0.870. The van der Waals surface area contributed by atoms with Gasteiger partial charge in [-0.2, -0.15) is 0 Å². The number of phenolic OH excluding ortho intramolecular Hbond substituents is 1. The van der Waals surface area contributed by atoms with Gasteiger partial charge in [-0.25, -0.2) is 0 Å². The molecule has 100 valence electrons. The van der Waals surface area contributed by atoms with Gasteiger partial charge in [0.25, 0.3) is 0 Å². The lowest BCUT2D eigenvalue weighted by atomic mass is 10.0. The highest BCUT2D eigenvalue weighted by Gasteiger charge is 2.08. The number of aromatic hydroxyl groups is 1. The maximum absolute atomic E-state index is 9.73. The van der Waals surface area contributed by atoms with E-state index in [2.05, 4.69) is 34.7 Å². The van der Waals surface area contributed by atoms with Crippen molar-refractivity contribution in [2.75, 3.05) is 19.6 Å². The number of halogens is 1. The second kappa shape index (κ2) is 7.54. The molecule has 4 heteroatoms. The fourth-order valence-corrected chi connectivity index (χ4v) is 2.27. The lowest BCUT2D eigenvalue weighted by molar-refractivity contribution is 0.302. The quantitative estimate of drug-likeness (QED) is 0.755. The van der Waals surface area contributed by atoms with E-state index in [0.717, 1.165) is 30.5 Å². The molecule has 0 aliphatic rings. The van der Waals surface area contributed by atoms with E-state index in [1.807, 2.05) is 0 Å². The fraction of sp³-hybridized carbons (Fsp3) is 0.500. The standard InChI is InChI=1S/C14H21BrN2O/c1-3-17(4-2)9-5-6-13(16)12-10-11(15)7-8-14(12)18/h7-8,10,16,18H,3-6,9H2,1-2H3. The molecule has 1 rings (SSSR count). The number of hydrogen-bond acceptors (Lipinski definition) is 3. The second-order valence-corrected chi connectivity index (χ2v) is 5.19. The smallest absolute Gasteiger partial charge is 0.124 e. The van der Waals surface area contributed by atoms with E-state index < -0.39 is 0 Å². The molecule has 0 aromatic heterocycles. The van der Waals surface area contributed by atoms with Gasteiger partial charge in [-0.05, 0) is 50.7 Å². The van der Waals surface area contributed by atoms with Crippen LogP contribution >= 0.6 is 15.9 Å². The normalized spacial score (nSPS) is 10.9. The molecule has 0 aliphatic heterocycles. The molecule has 3 nitrogen and oxygen atoms in total. The molecule has 0 saturated heterocycles. The third-order valence-electron chi connectivity index (χ3n) is 3.08. The van der Waals surface area contributed by atoms with Gasteiger partial charge in [0.2, 0.25) is 0 Å². The van der Waals surface area contributed by atoms with Crippen LogP contribution in [0.25, 0.3) is 0 Å².